The Labute approximate surface area is 67.3 Å². The van der Waals surface area contributed by atoms with Crippen molar-refractivity contribution < 1.29 is 0 Å². The molecule has 1 heterocycles. The predicted octanol–water partition coefficient (Wildman–Crippen LogP) is 2.75. The van der Waals surface area contributed by atoms with Crippen molar-refractivity contribution in [3.8, 4) is 0 Å². The van der Waals surface area contributed by atoms with Gasteiger partial charge in [-0.1, -0.05) is 23.7 Å². The lowest BCUT2D eigenvalue weighted by Crippen LogP contribution is -1.63. The first-order chi connectivity index (χ1) is 4.86. The van der Waals surface area contributed by atoms with Crippen LogP contribution in [0.25, 0.3) is 10.2 Å². The van der Waals surface area contributed by atoms with Crippen molar-refractivity contribution in [1.29, 1.82) is 0 Å². The Hall–Kier alpha value is -0.600. The number of para-hydroxylation sites is 1. The van der Waals surface area contributed by atoms with E-state index in [2.05, 4.69) is 11.1 Å². The first kappa shape index (κ1) is 6.13. The number of nitrogens with zero attached hydrogens (tertiary/aromatic N) is 1. The van der Waals surface area contributed by atoms with E-state index < -0.39 is 0 Å². The van der Waals surface area contributed by atoms with Gasteiger partial charge in [-0.25, -0.2) is 4.98 Å². The molecule has 0 unspecified atom stereocenters. The zero-order chi connectivity index (χ0) is 6.97. The number of hydrogen-bond acceptors (Lipinski definition) is 2. The van der Waals surface area contributed by atoms with Crippen molar-refractivity contribution in [3.63, 3.8) is 0 Å². The third-order valence-electron chi connectivity index (χ3n) is 1.19. The van der Waals surface area contributed by atoms with Crippen LogP contribution in [0.15, 0.2) is 18.2 Å². The maximum absolute atomic E-state index is 5.67. The number of halogens is 1. The van der Waals surface area contributed by atoms with Crippen LogP contribution < -0.4 is 0 Å². The van der Waals surface area contributed by atoms with E-state index in [4.69, 9.17) is 11.6 Å². The Morgan fingerprint density at radius 2 is 2.50 bits per heavy atom. The predicted molar refractivity (Wildman–Crippen MR) is 43.5 cm³/mol. The van der Waals surface area contributed by atoms with Gasteiger partial charge in [0.2, 0.25) is 0 Å². The molecule has 0 aliphatic rings. The smallest absolute Gasteiger partial charge is 0.184 e. The number of thiazole rings is 1. The largest absolute Gasteiger partial charge is 0.224 e. The highest BCUT2D eigenvalue weighted by Crippen LogP contribution is 2.24. The number of benzene rings is 1. The maximum Gasteiger partial charge on any atom is 0.184 e. The van der Waals surface area contributed by atoms with Crippen LogP contribution in [0.2, 0.25) is 4.47 Å². The highest BCUT2D eigenvalue weighted by molar-refractivity contribution is 7.22. The first-order valence-corrected chi connectivity index (χ1v) is 3.98. The second-order valence-corrected chi connectivity index (χ2v) is 3.46. The van der Waals surface area contributed by atoms with Gasteiger partial charge in [0.05, 0.1) is 10.2 Å². The van der Waals surface area contributed by atoms with Crippen LogP contribution in [0, 0.1) is 6.07 Å². The van der Waals surface area contributed by atoms with Crippen LogP contribution >= 0.6 is 22.9 Å². The molecule has 0 N–H and O–H groups in total. The molecule has 1 aromatic carbocycles. The average Bonchev–Trinajstić information content (AvgIpc) is 2.27. The van der Waals surface area contributed by atoms with Crippen molar-refractivity contribution >= 4 is 33.2 Å². The molecule has 3 heteroatoms. The SMILES string of the molecule is Clc1nc2[c]cccc2s1. The molecule has 1 radical (unpaired) electrons. The van der Waals surface area contributed by atoms with E-state index in [1.165, 1.54) is 11.3 Å². The fourth-order valence-electron chi connectivity index (χ4n) is 0.784. The zero-order valence-electron chi connectivity index (χ0n) is 4.97. The topological polar surface area (TPSA) is 12.9 Å². The third kappa shape index (κ3) is 0.895. The zero-order valence-corrected chi connectivity index (χ0v) is 6.54. The second-order valence-electron chi connectivity index (χ2n) is 1.85. The second kappa shape index (κ2) is 2.22. The maximum atomic E-state index is 5.67. The highest BCUT2D eigenvalue weighted by Gasteiger charge is 1.97. The molecule has 0 amide bonds. The van der Waals surface area contributed by atoms with E-state index >= 15 is 0 Å². The van der Waals surface area contributed by atoms with Gasteiger partial charge in [0, 0.05) is 6.07 Å². The molecule has 2 rings (SSSR count). The summed E-state index contributed by atoms with van der Waals surface area (Å²) in [5, 5.41) is 0. The van der Waals surface area contributed by atoms with Crippen LogP contribution in [0.4, 0.5) is 0 Å². The first-order valence-electron chi connectivity index (χ1n) is 2.79. The van der Waals surface area contributed by atoms with Gasteiger partial charge in [-0.05, 0) is 6.07 Å². The minimum atomic E-state index is 0.581. The summed E-state index contributed by atoms with van der Waals surface area (Å²) in [6.07, 6.45) is 0. The summed E-state index contributed by atoms with van der Waals surface area (Å²) in [5.74, 6) is 0. The minimum Gasteiger partial charge on any atom is -0.224 e. The number of hydrogen-bond donors (Lipinski definition) is 0. The van der Waals surface area contributed by atoms with Crippen molar-refractivity contribution in [2.75, 3.05) is 0 Å². The molecule has 0 atom stereocenters. The molecule has 0 bridgehead atoms. The fraction of sp³-hybridized carbons (Fsp3) is 0. The van der Waals surface area contributed by atoms with Crippen LogP contribution in [-0.4, -0.2) is 4.98 Å². The van der Waals surface area contributed by atoms with E-state index in [1.54, 1.807) is 0 Å². The molecular formula is C7H3ClNS. The molecule has 0 fully saturated rings. The summed E-state index contributed by atoms with van der Waals surface area (Å²) in [4.78, 5) is 4.04. The Morgan fingerprint density at radius 3 is 3.30 bits per heavy atom. The van der Waals surface area contributed by atoms with Gasteiger partial charge < -0.3 is 0 Å². The summed E-state index contributed by atoms with van der Waals surface area (Å²) in [6, 6.07) is 8.73. The lowest BCUT2D eigenvalue weighted by atomic mass is 10.3. The van der Waals surface area contributed by atoms with Crippen LogP contribution in [0.3, 0.4) is 0 Å². The van der Waals surface area contributed by atoms with Gasteiger partial charge in [-0.15, -0.1) is 11.3 Å². The lowest BCUT2D eigenvalue weighted by Gasteiger charge is -1.79. The van der Waals surface area contributed by atoms with Crippen LogP contribution in [0.1, 0.15) is 0 Å². The van der Waals surface area contributed by atoms with E-state index in [1.807, 2.05) is 18.2 Å². The van der Waals surface area contributed by atoms with Gasteiger partial charge in [0.15, 0.2) is 4.47 Å². The molecular weight excluding hydrogens is 166 g/mol. The number of aromatic nitrogens is 1. The monoisotopic (exact) mass is 168 g/mol. The minimum absolute atomic E-state index is 0.581. The Morgan fingerprint density at radius 1 is 1.60 bits per heavy atom. The van der Waals surface area contributed by atoms with Crippen LogP contribution in [0.5, 0.6) is 0 Å². The number of fused-ring (bicyclic) bond motifs is 1. The molecule has 0 aliphatic heterocycles. The number of rotatable bonds is 0. The van der Waals surface area contributed by atoms with E-state index in [-0.39, 0.29) is 0 Å². The van der Waals surface area contributed by atoms with Crippen molar-refractivity contribution in [2.45, 2.75) is 0 Å². The van der Waals surface area contributed by atoms with Crippen molar-refractivity contribution in [2.24, 2.45) is 0 Å². The molecule has 1 nitrogen and oxygen atoms in total. The van der Waals surface area contributed by atoms with Crippen molar-refractivity contribution in [3.05, 3.63) is 28.7 Å². The van der Waals surface area contributed by atoms with Gasteiger partial charge in [0.1, 0.15) is 0 Å². The van der Waals surface area contributed by atoms with Gasteiger partial charge in [-0.2, -0.15) is 0 Å². The normalized spacial score (nSPS) is 10.5. The average molecular weight is 169 g/mol. The van der Waals surface area contributed by atoms with E-state index in [0.717, 1.165) is 10.2 Å². The summed E-state index contributed by atoms with van der Waals surface area (Å²) in [7, 11) is 0. The summed E-state index contributed by atoms with van der Waals surface area (Å²) in [5.41, 5.74) is 0.859. The van der Waals surface area contributed by atoms with Gasteiger partial charge in [0.25, 0.3) is 0 Å². The quantitative estimate of drug-likeness (QED) is 0.590. The Balaban J connectivity index is 2.88. The van der Waals surface area contributed by atoms with E-state index in [0.29, 0.717) is 4.47 Å². The highest BCUT2D eigenvalue weighted by atomic mass is 35.5. The Bertz CT molecular complexity index is 322. The summed E-state index contributed by atoms with van der Waals surface area (Å²) >= 11 is 7.15. The molecule has 10 heavy (non-hydrogen) atoms. The standard InChI is InChI=1S/C7H3ClNS/c8-7-9-5-3-1-2-4-6(5)10-7/h1-2,4H. The van der Waals surface area contributed by atoms with Crippen molar-refractivity contribution in [1.82, 2.24) is 4.98 Å². The van der Waals surface area contributed by atoms with Crippen LogP contribution in [-0.2, 0) is 0 Å². The molecule has 0 aliphatic carbocycles. The molecule has 0 saturated carbocycles. The Kier molecular flexibility index (Phi) is 1.36. The lowest BCUT2D eigenvalue weighted by molar-refractivity contribution is 1.49. The molecule has 0 saturated heterocycles. The molecule has 49 valence electrons. The molecule has 1 aromatic heterocycles. The summed E-state index contributed by atoms with van der Waals surface area (Å²) in [6.45, 7) is 0. The van der Waals surface area contributed by atoms with Gasteiger partial charge >= 0.3 is 0 Å². The summed E-state index contributed by atoms with van der Waals surface area (Å²) < 4.78 is 1.67. The molecule has 0 spiro atoms. The van der Waals surface area contributed by atoms with E-state index in [9.17, 15) is 0 Å². The third-order valence-corrected chi connectivity index (χ3v) is 2.32. The molecule has 2 aromatic rings. The van der Waals surface area contributed by atoms with Gasteiger partial charge in [-0.3, -0.25) is 0 Å². The fourth-order valence-corrected chi connectivity index (χ4v) is 1.78.